The molecule has 1 unspecified atom stereocenters. The number of rotatable bonds is 8. The second-order valence-electron chi connectivity index (χ2n) is 13.2. The molecule has 2 fully saturated rings. The summed E-state index contributed by atoms with van der Waals surface area (Å²) in [5.74, 6) is 0.315. The van der Waals surface area contributed by atoms with Gasteiger partial charge in [-0.25, -0.2) is 19.3 Å². The van der Waals surface area contributed by atoms with Crippen LogP contribution in [0.3, 0.4) is 0 Å². The van der Waals surface area contributed by atoms with Gasteiger partial charge >= 0.3 is 0 Å². The van der Waals surface area contributed by atoms with Crippen LogP contribution >= 0.6 is 23.2 Å². The van der Waals surface area contributed by atoms with E-state index in [1.165, 1.54) is 6.33 Å². The van der Waals surface area contributed by atoms with Crippen LogP contribution in [0.25, 0.3) is 21.9 Å². The number of nitrogens with zero attached hydrogens (tertiary/aromatic N) is 4. The van der Waals surface area contributed by atoms with Gasteiger partial charge in [-0.2, -0.15) is 0 Å². The fourth-order valence-electron chi connectivity index (χ4n) is 7.23. The number of nitrogens with one attached hydrogen (secondary N) is 1. The van der Waals surface area contributed by atoms with Crippen LogP contribution in [0.15, 0.2) is 61.1 Å². The van der Waals surface area contributed by atoms with E-state index in [4.69, 9.17) is 42.4 Å². The molecule has 1 aliphatic heterocycles. The number of aromatic nitrogens is 4. The maximum Gasteiger partial charge on any atom is 0.163 e. The minimum Gasteiger partial charge on any atom is -0.497 e. The van der Waals surface area contributed by atoms with E-state index in [0.717, 1.165) is 34.3 Å². The van der Waals surface area contributed by atoms with Crippen molar-refractivity contribution < 1.29 is 18.6 Å². The van der Waals surface area contributed by atoms with Crippen LogP contribution < -0.4 is 10.1 Å². The molecule has 46 heavy (non-hydrogen) atoms. The van der Waals surface area contributed by atoms with Gasteiger partial charge in [0.2, 0.25) is 0 Å². The Labute approximate surface area is 277 Å². The molecule has 7 rings (SSSR count). The zero-order valence-corrected chi connectivity index (χ0v) is 27.9. The average molecular weight is 665 g/mol. The Hall–Kier alpha value is -3.50. The monoisotopic (exact) mass is 663 g/mol. The molecule has 1 N–H and O–H groups in total. The van der Waals surface area contributed by atoms with Gasteiger partial charge in [0, 0.05) is 23.5 Å². The van der Waals surface area contributed by atoms with Crippen molar-refractivity contribution in [3.8, 4) is 5.75 Å². The van der Waals surface area contributed by atoms with Gasteiger partial charge in [0.15, 0.2) is 5.79 Å². The van der Waals surface area contributed by atoms with Crippen LogP contribution in [0.2, 0.25) is 10.2 Å². The van der Waals surface area contributed by atoms with Crippen LogP contribution in [-0.4, -0.2) is 44.6 Å². The smallest absolute Gasteiger partial charge is 0.163 e. The summed E-state index contributed by atoms with van der Waals surface area (Å²) in [5, 5.41) is 5.28. The summed E-state index contributed by atoms with van der Waals surface area (Å²) in [6.45, 7) is 8.88. The molecule has 1 saturated heterocycles. The topological polar surface area (TPSA) is 83.3 Å². The lowest BCUT2D eigenvalue weighted by atomic mass is 9.72. The standard InChI is InChI=1S/C35H36Cl2FN5O3/c1-19(35(4)16-28(29-30(35)46-34(2,3)45-29)43-11-10-23-31(37)40-18-41-33(23)43)12-21-13-26(38)24-15-25(36)32(42-27(24)14-21)39-17-20-6-8-22(44-5)9-7-20/h6-11,13-15,18-19,28-30H,12,16-17H2,1-5H3,(H,39,42)/t19?,28-,29+,30+,35-/m1/s1. The Morgan fingerprint density at radius 3 is 2.59 bits per heavy atom. The summed E-state index contributed by atoms with van der Waals surface area (Å²) < 4.78 is 36.1. The Kier molecular flexibility index (Phi) is 7.87. The summed E-state index contributed by atoms with van der Waals surface area (Å²) in [7, 11) is 1.64. The summed E-state index contributed by atoms with van der Waals surface area (Å²) in [5.41, 5.74) is 2.93. The van der Waals surface area contributed by atoms with Gasteiger partial charge in [-0.3, -0.25) is 0 Å². The van der Waals surface area contributed by atoms with E-state index in [1.807, 2.05) is 56.4 Å². The van der Waals surface area contributed by atoms with E-state index in [2.05, 4.69) is 33.7 Å². The van der Waals surface area contributed by atoms with E-state index < -0.39 is 5.79 Å². The summed E-state index contributed by atoms with van der Waals surface area (Å²) in [6.07, 6.45) is 4.54. The summed E-state index contributed by atoms with van der Waals surface area (Å²) in [6, 6.07) is 14.9. The first kappa shape index (κ1) is 31.1. The molecular formula is C35H36Cl2FN5O3. The molecule has 0 spiro atoms. The van der Waals surface area contributed by atoms with Crippen molar-refractivity contribution in [2.75, 3.05) is 12.4 Å². The highest BCUT2D eigenvalue weighted by molar-refractivity contribution is 6.34. The normalized spacial score (nSPS) is 24.4. The van der Waals surface area contributed by atoms with Crippen LogP contribution in [0.1, 0.15) is 51.3 Å². The number of methoxy groups -OCH3 is 1. The van der Waals surface area contributed by atoms with E-state index >= 15 is 4.39 Å². The first-order chi connectivity index (χ1) is 22.0. The average Bonchev–Trinajstić information content (AvgIpc) is 3.68. The lowest BCUT2D eigenvalue weighted by molar-refractivity contribution is -0.171. The Morgan fingerprint density at radius 2 is 1.83 bits per heavy atom. The predicted molar refractivity (Wildman–Crippen MR) is 178 cm³/mol. The van der Waals surface area contributed by atoms with Crippen molar-refractivity contribution in [3.63, 3.8) is 0 Å². The first-order valence-electron chi connectivity index (χ1n) is 15.4. The zero-order valence-electron chi connectivity index (χ0n) is 26.4. The maximum atomic E-state index is 15.5. The van der Waals surface area contributed by atoms with E-state index in [0.29, 0.717) is 39.9 Å². The van der Waals surface area contributed by atoms with Crippen LogP contribution in [0.5, 0.6) is 5.75 Å². The fraction of sp³-hybridized carbons (Fsp3) is 0.400. The van der Waals surface area contributed by atoms with Gasteiger partial charge in [-0.1, -0.05) is 49.2 Å². The van der Waals surface area contributed by atoms with Gasteiger partial charge in [0.1, 0.15) is 40.6 Å². The molecule has 4 heterocycles. The molecule has 1 aliphatic carbocycles. The van der Waals surface area contributed by atoms with Crippen molar-refractivity contribution in [1.82, 2.24) is 19.5 Å². The Morgan fingerprint density at radius 1 is 1.04 bits per heavy atom. The minimum atomic E-state index is -0.738. The molecule has 2 aromatic carbocycles. The van der Waals surface area contributed by atoms with Crippen molar-refractivity contribution in [1.29, 1.82) is 0 Å². The largest absolute Gasteiger partial charge is 0.497 e. The molecule has 11 heteroatoms. The number of benzene rings is 2. The predicted octanol–water partition coefficient (Wildman–Crippen LogP) is 8.40. The van der Waals surface area contributed by atoms with Crippen molar-refractivity contribution in [2.24, 2.45) is 11.3 Å². The van der Waals surface area contributed by atoms with E-state index in [-0.39, 0.29) is 35.4 Å². The van der Waals surface area contributed by atoms with Gasteiger partial charge in [-0.05, 0) is 80.1 Å². The number of hydrogen-bond acceptors (Lipinski definition) is 7. The van der Waals surface area contributed by atoms with Gasteiger partial charge in [0.25, 0.3) is 0 Å². The van der Waals surface area contributed by atoms with Crippen molar-refractivity contribution in [3.05, 3.63) is 88.2 Å². The third-order valence-corrected chi connectivity index (χ3v) is 10.4. The quantitative estimate of drug-likeness (QED) is 0.167. The second-order valence-corrected chi connectivity index (χ2v) is 14.0. The SMILES string of the molecule is COc1ccc(CNc2nc3cc(CC(C)[C@@]4(C)C[C@@H](n5ccc6c(Cl)ncnc65)[C@@H]5OC(C)(C)O[C@@H]54)cc(F)c3cc2Cl)cc1. The molecule has 5 atom stereocenters. The summed E-state index contributed by atoms with van der Waals surface area (Å²) in [4.78, 5) is 13.4. The van der Waals surface area contributed by atoms with Crippen molar-refractivity contribution >= 4 is 51.0 Å². The third kappa shape index (κ3) is 5.47. The number of ether oxygens (including phenoxy) is 3. The number of halogens is 3. The van der Waals surface area contributed by atoms with Crippen LogP contribution in [0, 0.1) is 17.2 Å². The molecule has 0 radical (unpaired) electrons. The molecular weight excluding hydrogens is 628 g/mol. The number of pyridine rings is 1. The second kappa shape index (κ2) is 11.6. The van der Waals surface area contributed by atoms with Crippen LogP contribution in [-0.2, 0) is 22.4 Å². The molecule has 240 valence electrons. The van der Waals surface area contributed by atoms with Gasteiger partial charge < -0.3 is 24.1 Å². The molecule has 8 nitrogen and oxygen atoms in total. The summed E-state index contributed by atoms with van der Waals surface area (Å²) >= 11 is 12.9. The van der Waals surface area contributed by atoms with Gasteiger partial charge in [-0.15, -0.1) is 0 Å². The molecule has 0 bridgehead atoms. The first-order valence-corrected chi connectivity index (χ1v) is 16.2. The molecule has 0 amide bonds. The highest BCUT2D eigenvalue weighted by Gasteiger charge is 2.61. The number of fused-ring (bicyclic) bond motifs is 3. The Bertz CT molecular complexity index is 1930. The molecule has 3 aromatic heterocycles. The molecule has 1 saturated carbocycles. The highest BCUT2D eigenvalue weighted by atomic mass is 35.5. The van der Waals surface area contributed by atoms with E-state index in [1.54, 1.807) is 19.2 Å². The zero-order chi connectivity index (χ0) is 32.4. The van der Waals surface area contributed by atoms with E-state index in [9.17, 15) is 0 Å². The maximum absolute atomic E-state index is 15.5. The van der Waals surface area contributed by atoms with Crippen LogP contribution in [0.4, 0.5) is 10.2 Å². The molecule has 5 aromatic rings. The number of hydrogen-bond donors (Lipinski definition) is 1. The highest BCUT2D eigenvalue weighted by Crippen LogP contribution is 2.57. The number of anilines is 1. The molecule has 2 aliphatic rings. The fourth-order valence-corrected chi connectivity index (χ4v) is 7.64. The Balaban J connectivity index is 1.16. The lowest BCUT2D eigenvalue weighted by Crippen LogP contribution is -2.39. The third-order valence-electron chi connectivity index (χ3n) is 9.81. The minimum absolute atomic E-state index is 0.0285. The van der Waals surface area contributed by atoms with Gasteiger partial charge in [0.05, 0.1) is 35.2 Å². The lowest BCUT2D eigenvalue weighted by Gasteiger charge is -2.37. The van der Waals surface area contributed by atoms with Crippen molar-refractivity contribution in [2.45, 2.75) is 71.1 Å².